The van der Waals surface area contributed by atoms with E-state index in [2.05, 4.69) is 27.7 Å². The van der Waals surface area contributed by atoms with Gasteiger partial charge in [-0.15, -0.1) is 0 Å². The number of rotatable bonds is 4. The Labute approximate surface area is 171 Å². The van der Waals surface area contributed by atoms with Gasteiger partial charge in [-0.1, -0.05) is 34.1 Å². The lowest BCUT2D eigenvalue weighted by Gasteiger charge is -2.62. The fourth-order valence-corrected chi connectivity index (χ4v) is 8.94. The number of fused-ring (bicyclic) bond motifs is 5. The Hall–Kier alpha value is -0.570. The minimum absolute atomic E-state index is 0.0301. The van der Waals surface area contributed by atoms with Crippen molar-refractivity contribution in [2.75, 3.05) is 0 Å². The Morgan fingerprint density at radius 3 is 2.57 bits per heavy atom. The number of carboxylic acids is 1. The molecule has 4 rings (SSSR count). The van der Waals surface area contributed by atoms with E-state index in [9.17, 15) is 15.0 Å². The molecule has 28 heavy (non-hydrogen) atoms. The van der Waals surface area contributed by atoms with E-state index < -0.39 is 5.97 Å². The van der Waals surface area contributed by atoms with Crippen LogP contribution in [0.25, 0.3) is 0 Å². The van der Waals surface area contributed by atoms with Crippen LogP contribution in [-0.4, -0.2) is 17.2 Å². The number of carboxylic acid groups (broad SMARTS) is 1. The number of hydrogen-bond donors (Lipinski definition) is 1. The van der Waals surface area contributed by atoms with E-state index >= 15 is 0 Å². The number of carbonyl (C=O) groups excluding carboxylic acids is 1. The maximum Gasteiger partial charge on any atom is 0.0602 e. The maximum absolute atomic E-state index is 11.5. The summed E-state index contributed by atoms with van der Waals surface area (Å²) < 4.78 is 0. The van der Waals surface area contributed by atoms with E-state index in [0.717, 1.165) is 30.6 Å². The maximum atomic E-state index is 11.5. The molecule has 0 bridgehead atoms. The zero-order valence-corrected chi connectivity index (χ0v) is 18.5. The van der Waals surface area contributed by atoms with E-state index in [1.165, 1.54) is 38.5 Å². The second-order valence-corrected chi connectivity index (χ2v) is 11.7. The smallest absolute Gasteiger partial charge is 0.0602 e. The van der Waals surface area contributed by atoms with Crippen LogP contribution in [0.15, 0.2) is 0 Å². The fourth-order valence-electron chi connectivity index (χ4n) is 8.94. The van der Waals surface area contributed by atoms with Gasteiger partial charge in [0, 0.05) is 5.97 Å². The lowest BCUT2D eigenvalue weighted by molar-refractivity contribution is -0.306. The summed E-state index contributed by atoms with van der Waals surface area (Å²) in [6.45, 7) is 9.54. The van der Waals surface area contributed by atoms with E-state index in [0.29, 0.717) is 35.5 Å². The lowest BCUT2D eigenvalue weighted by Crippen LogP contribution is -2.58. The number of carbonyl (C=O) groups is 1. The van der Waals surface area contributed by atoms with E-state index in [1.807, 2.05) is 0 Å². The van der Waals surface area contributed by atoms with Gasteiger partial charge in [0.05, 0.1) is 6.10 Å². The monoisotopic (exact) mass is 389 g/mol. The van der Waals surface area contributed by atoms with Crippen LogP contribution in [0.5, 0.6) is 0 Å². The number of hydrogen-bond acceptors (Lipinski definition) is 3. The first-order valence-corrected chi connectivity index (χ1v) is 12.1. The molecule has 0 heterocycles. The van der Waals surface area contributed by atoms with Crippen molar-refractivity contribution in [3.63, 3.8) is 0 Å². The Kier molecular flexibility index (Phi) is 5.39. The van der Waals surface area contributed by atoms with Crippen molar-refractivity contribution in [1.82, 2.24) is 0 Å². The first kappa shape index (κ1) is 20.7. The zero-order chi connectivity index (χ0) is 20.3. The SMILES string of the molecule is C[C@@H]1CC[C@]2(C)C3C[C@H](O)[C@@]4(C)C(CC[C@@H]4[C@H](C)CCC(=O)[O-])C3CC[C@@H]2C1. The van der Waals surface area contributed by atoms with Crippen molar-refractivity contribution < 1.29 is 15.0 Å². The Balaban J connectivity index is 1.56. The summed E-state index contributed by atoms with van der Waals surface area (Å²) in [5.74, 6) is 3.65. The summed E-state index contributed by atoms with van der Waals surface area (Å²) >= 11 is 0. The molecule has 1 N–H and O–H groups in total. The highest BCUT2D eigenvalue weighted by Gasteiger charge is 2.63. The summed E-state index contributed by atoms with van der Waals surface area (Å²) in [5, 5.41) is 22.5. The first-order chi connectivity index (χ1) is 13.2. The van der Waals surface area contributed by atoms with Crippen LogP contribution in [0.2, 0.25) is 0 Å². The summed E-state index contributed by atoms with van der Waals surface area (Å²) in [7, 11) is 0. The van der Waals surface area contributed by atoms with Gasteiger partial charge in [0.15, 0.2) is 0 Å². The highest BCUT2D eigenvalue weighted by atomic mass is 16.4. The molecule has 0 spiro atoms. The predicted octanol–water partition coefficient (Wildman–Crippen LogP) is 4.42. The average molecular weight is 390 g/mol. The third kappa shape index (κ3) is 3.06. The van der Waals surface area contributed by atoms with Gasteiger partial charge < -0.3 is 15.0 Å². The molecular formula is C25H41O3-. The second kappa shape index (κ2) is 7.29. The molecule has 4 fully saturated rings. The summed E-state index contributed by atoms with van der Waals surface area (Å²) in [5.41, 5.74) is 0.397. The largest absolute Gasteiger partial charge is 0.550 e. The van der Waals surface area contributed by atoms with Crippen LogP contribution in [0, 0.1) is 52.3 Å². The van der Waals surface area contributed by atoms with Crippen molar-refractivity contribution in [3.8, 4) is 0 Å². The van der Waals surface area contributed by atoms with Crippen LogP contribution in [0.4, 0.5) is 0 Å². The molecule has 0 aliphatic heterocycles. The number of aliphatic hydroxyl groups is 1. The summed E-state index contributed by atoms with van der Waals surface area (Å²) in [6, 6.07) is 0. The van der Waals surface area contributed by atoms with E-state index in [-0.39, 0.29) is 17.9 Å². The average Bonchev–Trinajstić information content (AvgIpc) is 3.00. The molecule has 4 aliphatic carbocycles. The van der Waals surface area contributed by atoms with Crippen LogP contribution in [-0.2, 0) is 4.79 Å². The molecule has 4 saturated carbocycles. The standard InChI is InChI=1S/C25H42O3/c1-15-11-12-24(3)17(13-15)6-7-18-20-9-8-19(16(2)5-10-23(27)28)25(20,4)22(26)14-21(18)24/h15-22,26H,5-14H2,1-4H3,(H,27,28)/p-1/t15-,16-,17-,18?,19-,20?,21?,22+,24+,25-/m1/s1. The van der Waals surface area contributed by atoms with Gasteiger partial charge in [0.2, 0.25) is 0 Å². The first-order valence-electron chi connectivity index (χ1n) is 12.1. The molecule has 4 aliphatic rings. The Morgan fingerprint density at radius 2 is 1.86 bits per heavy atom. The highest BCUT2D eigenvalue weighted by molar-refractivity contribution is 5.64. The van der Waals surface area contributed by atoms with Crippen molar-refractivity contribution in [3.05, 3.63) is 0 Å². The van der Waals surface area contributed by atoms with Crippen LogP contribution in [0.3, 0.4) is 0 Å². The third-order valence-electron chi connectivity index (χ3n) is 10.6. The summed E-state index contributed by atoms with van der Waals surface area (Å²) in [4.78, 5) is 11.0. The van der Waals surface area contributed by atoms with Gasteiger partial charge in [-0.05, 0) is 110 Å². The molecule has 0 saturated heterocycles. The Bertz CT molecular complexity index is 603. The van der Waals surface area contributed by atoms with Crippen LogP contribution < -0.4 is 5.11 Å². The van der Waals surface area contributed by atoms with Gasteiger partial charge in [-0.3, -0.25) is 0 Å². The van der Waals surface area contributed by atoms with E-state index in [1.54, 1.807) is 0 Å². The molecule has 160 valence electrons. The topological polar surface area (TPSA) is 60.4 Å². The quantitative estimate of drug-likeness (QED) is 0.774. The normalized spacial score (nSPS) is 51.7. The predicted molar refractivity (Wildman–Crippen MR) is 109 cm³/mol. The van der Waals surface area contributed by atoms with E-state index in [4.69, 9.17) is 0 Å². The van der Waals surface area contributed by atoms with Crippen molar-refractivity contribution in [2.45, 2.75) is 98.0 Å². The minimum atomic E-state index is -0.936. The lowest BCUT2D eigenvalue weighted by atomic mass is 9.43. The van der Waals surface area contributed by atoms with Gasteiger partial charge in [-0.2, -0.15) is 0 Å². The third-order valence-corrected chi connectivity index (χ3v) is 10.6. The van der Waals surface area contributed by atoms with Gasteiger partial charge in [0.25, 0.3) is 0 Å². The molecule has 3 nitrogen and oxygen atoms in total. The molecule has 0 aromatic rings. The molecule has 10 atom stereocenters. The number of aliphatic carboxylic acids is 1. The van der Waals surface area contributed by atoms with Gasteiger partial charge in [0.1, 0.15) is 0 Å². The van der Waals surface area contributed by atoms with Gasteiger partial charge >= 0.3 is 0 Å². The van der Waals surface area contributed by atoms with Crippen LogP contribution >= 0.6 is 0 Å². The summed E-state index contributed by atoms with van der Waals surface area (Å²) in [6.07, 6.45) is 10.8. The number of aliphatic hydroxyl groups excluding tert-OH is 1. The molecule has 3 heteroatoms. The molecule has 0 aromatic heterocycles. The molecule has 0 aromatic carbocycles. The van der Waals surface area contributed by atoms with Crippen LogP contribution in [0.1, 0.15) is 91.9 Å². The molecule has 3 unspecified atom stereocenters. The zero-order valence-electron chi connectivity index (χ0n) is 18.5. The molecule has 0 amide bonds. The van der Waals surface area contributed by atoms with Crippen molar-refractivity contribution >= 4 is 5.97 Å². The Morgan fingerprint density at radius 1 is 1.11 bits per heavy atom. The van der Waals surface area contributed by atoms with Crippen molar-refractivity contribution in [2.24, 2.45) is 52.3 Å². The fraction of sp³-hybridized carbons (Fsp3) is 0.960. The minimum Gasteiger partial charge on any atom is -0.550 e. The van der Waals surface area contributed by atoms with Gasteiger partial charge in [-0.25, -0.2) is 0 Å². The molecular weight excluding hydrogens is 348 g/mol. The van der Waals surface area contributed by atoms with Crippen molar-refractivity contribution in [1.29, 1.82) is 0 Å². The second-order valence-electron chi connectivity index (χ2n) is 11.7. The molecule has 0 radical (unpaired) electrons. The highest BCUT2D eigenvalue weighted by Crippen LogP contribution is 2.68.